The number of hydrogen-bond acceptors (Lipinski definition) is 1. The summed E-state index contributed by atoms with van der Waals surface area (Å²) >= 11 is 0. The van der Waals surface area contributed by atoms with E-state index in [0.717, 1.165) is 32.1 Å². The van der Waals surface area contributed by atoms with Gasteiger partial charge in [-0.15, -0.1) is 6.58 Å². The van der Waals surface area contributed by atoms with Gasteiger partial charge in [0.05, 0.1) is 0 Å². The summed E-state index contributed by atoms with van der Waals surface area (Å²) in [6.45, 7) is 12.3. The number of ketones is 1. The highest BCUT2D eigenvalue weighted by Crippen LogP contribution is 2.19. The smallest absolute Gasteiger partial charge is 0.135 e. The molecule has 0 heterocycles. The molecule has 1 nitrogen and oxygen atoms in total. The van der Waals surface area contributed by atoms with E-state index in [1.807, 2.05) is 6.08 Å². The molecule has 0 fully saturated rings. The number of hydrogen-bond donors (Lipinski definition) is 0. The van der Waals surface area contributed by atoms with Gasteiger partial charge in [0.2, 0.25) is 0 Å². The zero-order chi connectivity index (χ0) is 16.8. The van der Waals surface area contributed by atoms with Gasteiger partial charge in [0, 0.05) is 12.3 Å². The predicted molar refractivity (Wildman–Crippen MR) is 99.1 cm³/mol. The summed E-state index contributed by atoms with van der Waals surface area (Å²) in [5.41, 5.74) is 1.37. The maximum Gasteiger partial charge on any atom is 0.135 e. The molecule has 2 unspecified atom stereocenters. The summed E-state index contributed by atoms with van der Waals surface area (Å²) in [7, 11) is 0. The lowest BCUT2D eigenvalue weighted by molar-refractivity contribution is -0.123. The Labute approximate surface area is 139 Å². The largest absolute Gasteiger partial charge is 0.299 e. The zero-order valence-electron chi connectivity index (χ0n) is 15.5. The second-order valence-electron chi connectivity index (χ2n) is 7.17. The molecule has 0 aromatic rings. The highest BCUT2D eigenvalue weighted by molar-refractivity contribution is 5.80. The van der Waals surface area contributed by atoms with Gasteiger partial charge in [0.15, 0.2) is 0 Å². The molecule has 0 N–H and O–H groups in total. The first-order valence-corrected chi connectivity index (χ1v) is 9.24. The maximum absolute atomic E-state index is 12.2. The second-order valence-corrected chi connectivity index (χ2v) is 7.17. The van der Waals surface area contributed by atoms with E-state index >= 15 is 0 Å². The second kappa shape index (κ2) is 13.8. The first-order valence-electron chi connectivity index (χ1n) is 9.24. The van der Waals surface area contributed by atoms with Gasteiger partial charge in [-0.2, -0.15) is 0 Å². The summed E-state index contributed by atoms with van der Waals surface area (Å²) in [5, 5.41) is 0. The van der Waals surface area contributed by atoms with Gasteiger partial charge in [-0.05, 0) is 51.9 Å². The van der Waals surface area contributed by atoms with Gasteiger partial charge in [-0.3, -0.25) is 4.79 Å². The molecule has 0 aliphatic rings. The van der Waals surface area contributed by atoms with Crippen LogP contribution in [0.5, 0.6) is 0 Å². The summed E-state index contributed by atoms with van der Waals surface area (Å²) in [6, 6.07) is 0. The molecule has 0 aromatic heterocycles. The monoisotopic (exact) mass is 306 g/mol. The maximum atomic E-state index is 12.2. The fourth-order valence-electron chi connectivity index (χ4n) is 2.73. The molecule has 0 amide bonds. The van der Waals surface area contributed by atoms with E-state index in [-0.39, 0.29) is 5.92 Å². The Morgan fingerprint density at radius 1 is 0.955 bits per heavy atom. The first-order chi connectivity index (χ1) is 10.5. The fraction of sp³-hybridized carbons (Fsp3) is 0.762. The molecule has 2 atom stereocenters. The van der Waals surface area contributed by atoms with Crippen molar-refractivity contribution in [1.82, 2.24) is 0 Å². The lowest BCUT2D eigenvalue weighted by Gasteiger charge is -2.14. The first kappa shape index (κ1) is 21.1. The van der Waals surface area contributed by atoms with Crippen LogP contribution >= 0.6 is 0 Å². The average molecular weight is 307 g/mol. The number of carbonyl (C=O) groups is 1. The molecule has 0 bridgehead atoms. The molecular weight excluding hydrogens is 268 g/mol. The van der Waals surface area contributed by atoms with Crippen molar-refractivity contribution >= 4 is 5.78 Å². The van der Waals surface area contributed by atoms with Crippen LogP contribution in [-0.2, 0) is 4.79 Å². The molecule has 0 aromatic carbocycles. The SMILES string of the molecule is C=CCCCCCCCC(C)C(=O)CC(C)CCC=C(C)C. The molecule has 0 spiro atoms. The fourth-order valence-corrected chi connectivity index (χ4v) is 2.73. The van der Waals surface area contributed by atoms with Gasteiger partial charge < -0.3 is 0 Å². The Kier molecular flexibility index (Phi) is 13.3. The van der Waals surface area contributed by atoms with E-state index in [1.165, 1.54) is 37.7 Å². The van der Waals surface area contributed by atoms with Gasteiger partial charge in [0.25, 0.3) is 0 Å². The van der Waals surface area contributed by atoms with Crippen molar-refractivity contribution in [3.05, 3.63) is 24.3 Å². The average Bonchev–Trinajstić information content (AvgIpc) is 2.45. The minimum Gasteiger partial charge on any atom is -0.299 e. The van der Waals surface area contributed by atoms with Crippen molar-refractivity contribution < 1.29 is 4.79 Å². The van der Waals surface area contributed by atoms with Crippen molar-refractivity contribution in [3.63, 3.8) is 0 Å². The molecule has 1 heteroatoms. The van der Waals surface area contributed by atoms with Crippen LogP contribution in [0.2, 0.25) is 0 Å². The summed E-state index contributed by atoms with van der Waals surface area (Å²) in [5.74, 6) is 1.24. The van der Waals surface area contributed by atoms with Crippen LogP contribution in [0.15, 0.2) is 24.3 Å². The highest BCUT2D eigenvalue weighted by Gasteiger charge is 2.15. The minimum absolute atomic E-state index is 0.249. The van der Waals surface area contributed by atoms with Crippen LogP contribution in [-0.4, -0.2) is 5.78 Å². The Hall–Kier alpha value is -0.850. The normalized spacial score (nSPS) is 13.5. The number of rotatable bonds is 14. The molecule has 22 heavy (non-hydrogen) atoms. The van der Waals surface area contributed by atoms with E-state index in [2.05, 4.69) is 40.3 Å². The standard InChI is InChI=1S/C21H38O/c1-6-7-8-9-10-11-12-16-20(5)21(22)17-19(4)15-13-14-18(2)3/h6,14,19-20H,1,7-13,15-17H2,2-5H3. The molecule has 0 rings (SSSR count). The number of Topliss-reactive ketones (excluding diaryl/α,β-unsaturated/α-hetero) is 1. The van der Waals surface area contributed by atoms with Crippen molar-refractivity contribution in [2.75, 3.05) is 0 Å². The van der Waals surface area contributed by atoms with Crippen molar-refractivity contribution in [3.8, 4) is 0 Å². The zero-order valence-corrected chi connectivity index (χ0v) is 15.5. The Bertz CT molecular complexity index is 323. The predicted octanol–water partition coefficient (Wildman–Crippen LogP) is 6.88. The van der Waals surface area contributed by atoms with Crippen molar-refractivity contribution in [2.24, 2.45) is 11.8 Å². The summed E-state index contributed by atoms with van der Waals surface area (Å²) < 4.78 is 0. The van der Waals surface area contributed by atoms with Gasteiger partial charge in [-0.25, -0.2) is 0 Å². The van der Waals surface area contributed by atoms with E-state index in [4.69, 9.17) is 0 Å². The van der Waals surface area contributed by atoms with Crippen LogP contribution in [0.25, 0.3) is 0 Å². The molecule has 0 saturated carbocycles. The van der Waals surface area contributed by atoms with E-state index in [0.29, 0.717) is 11.7 Å². The Balaban J connectivity index is 3.69. The number of unbranched alkanes of at least 4 members (excludes halogenated alkanes) is 5. The topological polar surface area (TPSA) is 17.1 Å². The Morgan fingerprint density at radius 2 is 1.59 bits per heavy atom. The van der Waals surface area contributed by atoms with Crippen LogP contribution in [0, 0.1) is 11.8 Å². The molecule has 0 aliphatic carbocycles. The molecule has 0 radical (unpaired) electrons. The van der Waals surface area contributed by atoms with Crippen LogP contribution in [0.1, 0.15) is 91.9 Å². The van der Waals surface area contributed by atoms with Gasteiger partial charge >= 0.3 is 0 Å². The lowest BCUT2D eigenvalue weighted by Crippen LogP contribution is -2.14. The van der Waals surface area contributed by atoms with Crippen LogP contribution in [0.3, 0.4) is 0 Å². The van der Waals surface area contributed by atoms with Gasteiger partial charge in [0.1, 0.15) is 5.78 Å². The van der Waals surface area contributed by atoms with E-state index in [9.17, 15) is 4.79 Å². The molecule has 0 aliphatic heterocycles. The van der Waals surface area contributed by atoms with E-state index in [1.54, 1.807) is 0 Å². The number of allylic oxidation sites excluding steroid dienone is 3. The van der Waals surface area contributed by atoms with Gasteiger partial charge in [-0.1, -0.05) is 57.3 Å². The summed E-state index contributed by atoms with van der Waals surface area (Å²) in [4.78, 5) is 12.2. The van der Waals surface area contributed by atoms with Crippen LogP contribution < -0.4 is 0 Å². The highest BCUT2D eigenvalue weighted by atomic mass is 16.1. The molecule has 0 saturated heterocycles. The lowest BCUT2D eigenvalue weighted by atomic mass is 9.90. The third-order valence-corrected chi connectivity index (χ3v) is 4.36. The van der Waals surface area contributed by atoms with Crippen LogP contribution in [0.4, 0.5) is 0 Å². The molecular formula is C21H38O. The quantitative estimate of drug-likeness (QED) is 0.252. The third kappa shape index (κ3) is 12.9. The van der Waals surface area contributed by atoms with Crippen molar-refractivity contribution in [1.29, 1.82) is 0 Å². The van der Waals surface area contributed by atoms with Crippen molar-refractivity contribution in [2.45, 2.75) is 91.9 Å². The minimum atomic E-state index is 0.249. The summed E-state index contributed by atoms with van der Waals surface area (Å²) in [6.07, 6.45) is 15.8. The number of carbonyl (C=O) groups excluding carboxylic acids is 1. The molecule has 128 valence electrons. The van der Waals surface area contributed by atoms with E-state index < -0.39 is 0 Å². The Morgan fingerprint density at radius 3 is 2.23 bits per heavy atom. The third-order valence-electron chi connectivity index (χ3n) is 4.36.